The Bertz CT molecular complexity index is 597. The standard InChI is InChI=1S/C13H21N3O3S/c1-8(2)12(13(15)17)16-20(18,19)11-5-4-10(7-14)9(3)6-11/h4-6,8,12,16H,7,14H2,1-3H3,(H2,15,17). The fourth-order valence-electron chi connectivity index (χ4n) is 1.82. The van der Waals surface area contributed by atoms with Gasteiger partial charge in [-0.25, -0.2) is 8.42 Å². The van der Waals surface area contributed by atoms with Crippen LogP contribution in [0.3, 0.4) is 0 Å². The Morgan fingerprint density at radius 2 is 1.95 bits per heavy atom. The van der Waals surface area contributed by atoms with E-state index in [0.717, 1.165) is 11.1 Å². The van der Waals surface area contributed by atoms with Gasteiger partial charge in [-0.3, -0.25) is 4.79 Å². The quantitative estimate of drug-likeness (QED) is 0.698. The Labute approximate surface area is 119 Å². The molecule has 1 rings (SSSR count). The van der Waals surface area contributed by atoms with Crippen LogP contribution in [0.25, 0.3) is 0 Å². The van der Waals surface area contributed by atoms with Gasteiger partial charge < -0.3 is 11.5 Å². The largest absolute Gasteiger partial charge is 0.368 e. The van der Waals surface area contributed by atoms with Crippen LogP contribution in [0.5, 0.6) is 0 Å². The van der Waals surface area contributed by atoms with E-state index in [1.165, 1.54) is 12.1 Å². The van der Waals surface area contributed by atoms with Crippen LogP contribution in [0.15, 0.2) is 23.1 Å². The fraction of sp³-hybridized carbons (Fsp3) is 0.462. The van der Waals surface area contributed by atoms with Crippen molar-refractivity contribution in [2.75, 3.05) is 0 Å². The number of nitrogens with two attached hydrogens (primary N) is 2. The van der Waals surface area contributed by atoms with E-state index < -0.39 is 22.0 Å². The van der Waals surface area contributed by atoms with Gasteiger partial charge >= 0.3 is 0 Å². The van der Waals surface area contributed by atoms with Crippen LogP contribution in [0, 0.1) is 12.8 Å². The second-order valence-electron chi connectivity index (χ2n) is 5.04. The minimum atomic E-state index is -3.79. The molecule has 0 saturated heterocycles. The third-order valence-corrected chi connectivity index (χ3v) is 4.54. The number of nitrogens with one attached hydrogen (secondary N) is 1. The Morgan fingerprint density at radius 3 is 2.35 bits per heavy atom. The molecule has 1 aromatic carbocycles. The first-order valence-electron chi connectivity index (χ1n) is 6.30. The number of carbonyl (C=O) groups is 1. The number of aryl methyl sites for hydroxylation is 1. The van der Waals surface area contributed by atoms with Crippen molar-refractivity contribution in [3.63, 3.8) is 0 Å². The highest BCUT2D eigenvalue weighted by atomic mass is 32.2. The Balaban J connectivity index is 3.11. The maximum absolute atomic E-state index is 12.3. The summed E-state index contributed by atoms with van der Waals surface area (Å²) in [5.74, 6) is -0.925. The van der Waals surface area contributed by atoms with E-state index in [9.17, 15) is 13.2 Å². The molecule has 0 bridgehead atoms. The normalized spacial score (nSPS) is 13.4. The Morgan fingerprint density at radius 1 is 1.35 bits per heavy atom. The van der Waals surface area contributed by atoms with E-state index >= 15 is 0 Å². The first-order chi connectivity index (χ1) is 9.19. The van der Waals surface area contributed by atoms with Gasteiger partial charge in [0.2, 0.25) is 15.9 Å². The van der Waals surface area contributed by atoms with Crippen molar-refractivity contribution in [2.24, 2.45) is 17.4 Å². The number of sulfonamides is 1. The average molecular weight is 299 g/mol. The van der Waals surface area contributed by atoms with Gasteiger partial charge in [-0.1, -0.05) is 19.9 Å². The zero-order valence-corrected chi connectivity index (χ0v) is 12.7. The SMILES string of the molecule is Cc1cc(S(=O)(=O)NC(C(N)=O)C(C)C)ccc1CN. The molecule has 0 aliphatic rings. The summed E-state index contributed by atoms with van der Waals surface area (Å²) >= 11 is 0. The molecular weight excluding hydrogens is 278 g/mol. The molecule has 0 fully saturated rings. The summed E-state index contributed by atoms with van der Waals surface area (Å²) in [5.41, 5.74) is 12.4. The molecule has 1 amide bonds. The number of carbonyl (C=O) groups excluding carboxylic acids is 1. The van der Waals surface area contributed by atoms with Gasteiger partial charge in [-0.2, -0.15) is 4.72 Å². The van der Waals surface area contributed by atoms with Gasteiger partial charge in [-0.15, -0.1) is 0 Å². The first kappa shape index (κ1) is 16.6. The number of rotatable bonds is 6. The van der Waals surface area contributed by atoms with Crippen LogP contribution in [0.4, 0.5) is 0 Å². The second kappa shape index (κ2) is 6.34. The summed E-state index contributed by atoms with van der Waals surface area (Å²) in [6.45, 7) is 5.58. The highest BCUT2D eigenvalue weighted by Crippen LogP contribution is 2.16. The number of amides is 1. The minimum absolute atomic E-state index is 0.0964. The summed E-state index contributed by atoms with van der Waals surface area (Å²) in [6, 6.07) is 3.73. The molecule has 0 heterocycles. The van der Waals surface area contributed by atoms with Crippen molar-refractivity contribution in [1.29, 1.82) is 0 Å². The molecule has 0 radical (unpaired) electrons. The molecule has 1 atom stereocenters. The van der Waals surface area contributed by atoms with Crippen molar-refractivity contribution in [3.05, 3.63) is 29.3 Å². The lowest BCUT2D eigenvalue weighted by Gasteiger charge is -2.19. The third kappa shape index (κ3) is 3.78. The fourth-order valence-corrected chi connectivity index (χ4v) is 3.26. The van der Waals surface area contributed by atoms with Crippen LogP contribution >= 0.6 is 0 Å². The molecule has 5 N–H and O–H groups in total. The molecule has 1 aromatic rings. The number of benzene rings is 1. The molecule has 0 aromatic heterocycles. The van der Waals surface area contributed by atoms with Crippen molar-refractivity contribution >= 4 is 15.9 Å². The van der Waals surface area contributed by atoms with Gasteiger partial charge in [0.1, 0.15) is 6.04 Å². The molecule has 112 valence electrons. The van der Waals surface area contributed by atoms with E-state index in [2.05, 4.69) is 4.72 Å². The highest BCUT2D eigenvalue weighted by molar-refractivity contribution is 7.89. The monoisotopic (exact) mass is 299 g/mol. The predicted molar refractivity (Wildman–Crippen MR) is 77.2 cm³/mol. The van der Waals surface area contributed by atoms with E-state index in [1.807, 2.05) is 0 Å². The lowest BCUT2D eigenvalue weighted by Crippen LogP contribution is -2.47. The van der Waals surface area contributed by atoms with Gasteiger partial charge in [0.25, 0.3) is 0 Å². The molecule has 7 heteroatoms. The average Bonchev–Trinajstić information content (AvgIpc) is 2.35. The maximum atomic E-state index is 12.3. The van der Waals surface area contributed by atoms with Crippen LogP contribution in [0.1, 0.15) is 25.0 Å². The summed E-state index contributed by atoms with van der Waals surface area (Å²) in [5, 5.41) is 0. The molecule has 0 aliphatic heterocycles. The molecule has 20 heavy (non-hydrogen) atoms. The molecule has 6 nitrogen and oxygen atoms in total. The van der Waals surface area contributed by atoms with Gasteiger partial charge in [0.15, 0.2) is 0 Å². The lowest BCUT2D eigenvalue weighted by molar-refractivity contribution is -0.120. The maximum Gasteiger partial charge on any atom is 0.241 e. The Hall–Kier alpha value is -1.44. The second-order valence-corrected chi connectivity index (χ2v) is 6.75. The molecule has 0 aliphatic carbocycles. The zero-order chi connectivity index (χ0) is 15.5. The Kier molecular flexibility index (Phi) is 5.27. The first-order valence-corrected chi connectivity index (χ1v) is 7.78. The number of hydrogen-bond donors (Lipinski definition) is 3. The van der Waals surface area contributed by atoms with Crippen molar-refractivity contribution < 1.29 is 13.2 Å². The van der Waals surface area contributed by atoms with E-state index in [4.69, 9.17) is 11.5 Å². The lowest BCUT2D eigenvalue weighted by atomic mass is 10.1. The molecule has 0 spiro atoms. The van der Waals surface area contributed by atoms with Crippen molar-refractivity contribution in [3.8, 4) is 0 Å². The smallest absolute Gasteiger partial charge is 0.241 e. The van der Waals surface area contributed by atoms with Gasteiger partial charge in [0.05, 0.1) is 4.90 Å². The topological polar surface area (TPSA) is 115 Å². The minimum Gasteiger partial charge on any atom is -0.368 e. The third-order valence-electron chi connectivity index (χ3n) is 3.10. The summed E-state index contributed by atoms with van der Waals surface area (Å²) in [6.07, 6.45) is 0. The van der Waals surface area contributed by atoms with Gasteiger partial charge in [-0.05, 0) is 36.1 Å². The van der Waals surface area contributed by atoms with Crippen LogP contribution in [-0.4, -0.2) is 20.4 Å². The molecular formula is C13H21N3O3S. The summed E-state index contributed by atoms with van der Waals surface area (Å²) in [4.78, 5) is 11.4. The predicted octanol–water partition coefficient (Wildman–Crippen LogP) is 0.242. The van der Waals surface area contributed by atoms with Crippen LogP contribution < -0.4 is 16.2 Å². The van der Waals surface area contributed by atoms with Crippen LogP contribution in [0.2, 0.25) is 0 Å². The highest BCUT2D eigenvalue weighted by Gasteiger charge is 2.26. The van der Waals surface area contributed by atoms with Crippen molar-refractivity contribution in [2.45, 2.75) is 38.3 Å². The van der Waals surface area contributed by atoms with E-state index in [-0.39, 0.29) is 10.8 Å². The van der Waals surface area contributed by atoms with Crippen molar-refractivity contribution in [1.82, 2.24) is 4.72 Å². The molecule has 0 saturated carbocycles. The van der Waals surface area contributed by atoms with E-state index in [1.54, 1.807) is 26.8 Å². The number of hydrogen-bond acceptors (Lipinski definition) is 4. The summed E-state index contributed by atoms with van der Waals surface area (Å²) < 4.78 is 26.8. The number of primary amides is 1. The molecule has 1 unspecified atom stereocenters. The summed E-state index contributed by atoms with van der Waals surface area (Å²) in [7, 11) is -3.79. The van der Waals surface area contributed by atoms with Gasteiger partial charge in [0, 0.05) is 6.54 Å². The van der Waals surface area contributed by atoms with E-state index in [0.29, 0.717) is 6.54 Å². The zero-order valence-electron chi connectivity index (χ0n) is 11.9. The van der Waals surface area contributed by atoms with Crippen LogP contribution in [-0.2, 0) is 21.4 Å².